The summed E-state index contributed by atoms with van der Waals surface area (Å²) in [6.45, 7) is 1.94. The third-order valence-electron chi connectivity index (χ3n) is 4.21. The Balaban J connectivity index is 2.40. The molecule has 6 nitrogen and oxygen atoms in total. The van der Waals surface area contributed by atoms with Crippen LogP contribution in [-0.4, -0.2) is 26.4 Å². The Bertz CT molecular complexity index is 698. The maximum atomic E-state index is 12.6. The van der Waals surface area contributed by atoms with Crippen molar-refractivity contribution in [2.24, 2.45) is 10.9 Å². The minimum absolute atomic E-state index is 0.0553. The fourth-order valence-corrected chi connectivity index (χ4v) is 4.36. The third kappa shape index (κ3) is 3.51. The average Bonchev–Trinajstić information content (AvgIpc) is 2.88. The summed E-state index contributed by atoms with van der Waals surface area (Å²) in [5.74, 6) is -0.323. The maximum absolute atomic E-state index is 12.6. The minimum Gasteiger partial charge on any atom is -0.345 e. The summed E-state index contributed by atoms with van der Waals surface area (Å²) >= 11 is 3.23. The Kier molecular flexibility index (Phi) is 4.96. The van der Waals surface area contributed by atoms with Crippen molar-refractivity contribution < 1.29 is 13.2 Å². The van der Waals surface area contributed by atoms with Crippen molar-refractivity contribution >= 4 is 31.9 Å². The van der Waals surface area contributed by atoms with Crippen LogP contribution in [-0.2, 0) is 10.0 Å². The molecular formula is C14H20BrN3O3S. The van der Waals surface area contributed by atoms with E-state index in [1.807, 2.05) is 0 Å². The van der Waals surface area contributed by atoms with E-state index < -0.39 is 15.6 Å². The molecule has 0 spiro atoms. The molecule has 22 heavy (non-hydrogen) atoms. The van der Waals surface area contributed by atoms with Crippen LogP contribution in [0.4, 0.5) is 0 Å². The Labute approximate surface area is 138 Å². The van der Waals surface area contributed by atoms with Crippen LogP contribution in [0, 0.1) is 6.92 Å². The van der Waals surface area contributed by atoms with E-state index in [4.69, 9.17) is 10.9 Å². The lowest BCUT2D eigenvalue weighted by Gasteiger charge is -2.29. The normalized spacial score (nSPS) is 17.5. The molecule has 1 saturated carbocycles. The monoisotopic (exact) mass is 389 g/mol. The predicted octanol–water partition coefficient (Wildman–Crippen LogP) is 1.41. The number of carbonyl (C=O) groups excluding carboxylic acids is 1. The fraction of sp³-hybridized carbons (Fsp3) is 0.500. The van der Waals surface area contributed by atoms with Crippen LogP contribution in [0.3, 0.4) is 0 Å². The second kappa shape index (κ2) is 6.27. The lowest BCUT2D eigenvalue weighted by molar-refractivity contribution is 0.0902. The molecular weight excluding hydrogens is 370 g/mol. The smallest absolute Gasteiger partial charge is 0.252 e. The zero-order valence-electron chi connectivity index (χ0n) is 12.4. The van der Waals surface area contributed by atoms with Gasteiger partial charge in [0.1, 0.15) is 0 Å². The van der Waals surface area contributed by atoms with Gasteiger partial charge in [0.05, 0.1) is 10.4 Å². The van der Waals surface area contributed by atoms with Crippen molar-refractivity contribution in [1.29, 1.82) is 0 Å². The highest BCUT2D eigenvalue weighted by Crippen LogP contribution is 2.30. The molecule has 0 heterocycles. The number of halogens is 1. The van der Waals surface area contributed by atoms with Crippen LogP contribution in [0.15, 0.2) is 21.5 Å². The number of carbonyl (C=O) groups is 1. The first kappa shape index (κ1) is 17.4. The van der Waals surface area contributed by atoms with Gasteiger partial charge in [-0.05, 0) is 37.5 Å². The summed E-state index contributed by atoms with van der Waals surface area (Å²) in [4.78, 5) is 12.5. The van der Waals surface area contributed by atoms with Crippen molar-refractivity contribution in [1.82, 2.24) is 5.32 Å². The quantitative estimate of drug-likeness (QED) is 0.721. The van der Waals surface area contributed by atoms with Gasteiger partial charge in [0.25, 0.3) is 5.91 Å². The van der Waals surface area contributed by atoms with Gasteiger partial charge in [-0.1, -0.05) is 28.8 Å². The van der Waals surface area contributed by atoms with Crippen LogP contribution >= 0.6 is 15.9 Å². The number of sulfonamides is 1. The standard InChI is InChI=1S/C14H20BrN3O3S/c1-9-11(6-10(15)7-12(9)22(17,20)21)13(19)18-14(8-16)4-2-3-5-14/h6-7H,2-5,8,16H2,1H3,(H,18,19)(H2,17,20,21). The highest BCUT2D eigenvalue weighted by atomic mass is 79.9. The minimum atomic E-state index is -3.89. The molecule has 1 amide bonds. The molecule has 0 radical (unpaired) electrons. The first-order valence-corrected chi connectivity index (χ1v) is 9.38. The summed E-state index contributed by atoms with van der Waals surface area (Å²) in [5, 5.41) is 8.20. The molecule has 0 saturated heterocycles. The van der Waals surface area contributed by atoms with E-state index in [2.05, 4.69) is 21.2 Å². The number of rotatable bonds is 4. The van der Waals surface area contributed by atoms with Crippen LogP contribution in [0.25, 0.3) is 0 Å². The summed E-state index contributed by atoms with van der Waals surface area (Å²) < 4.78 is 23.8. The number of benzene rings is 1. The van der Waals surface area contributed by atoms with Crippen LogP contribution < -0.4 is 16.2 Å². The number of hydrogen-bond donors (Lipinski definition) is 3. The zero-order chi connectivity index (χ0) is 16.5. The number of hydrogen-bond acceptors (Lipinski definition) is 4. The zero-order valence-corrected chi connectivity index (χ0v) is 14.8. The van der Waals surface area contributed by atoms with E-state index in [0.717, 1.165) is 25.7 Å². The van der Waals surface area contributed by atoms with Crippen LogP contribution in [0.2, 0.25) is 0 Å². The molecule has 1 fully saturated rings. The molecule has 5 N–H and O–H groups in total. The first-order chi connectivity index (χ1) is 10.2. The summed E-state index contributed by atoms with van der Waals surface area (Å²) in [6.07, 6.45) is 3.73. The number of amides is 1. The molecule has 0 aliphatic heterocycles. The molecule has 0 aromatic heterocycles. The number of nitrogens with two attached hydrogens (primary N) is 2. The Morgan fingerprint density at radius 1 is 1.36 bits per heavy atom. The van der Waals surface area contributed by atoms with Gasteiger partial charge < -0.3 is 11.1 Å². The maximum Gasteiger partial charge on any atom is 0.252 e. The Hall–Kier alpha value is -0.960. The van der Waals surface area contributed by atoms with Gasteiger partial charge in [-0.15, -0.1) is 0 Å². The molecule has 8 heteroatoms. The predicted molar refractivity (Wildman–Crippen MR) is 88.0 cm³/mol. The molecule has 122 valence electrons. The molecule has 1 aromatic rings. The van der Waals surface area contributed by atoms with Gasteiger partial charge in [0.2, 0.25) is 10.0 Å². The van der Waals surface area contributed by atoms with Gasteiger partial charge in [-0.25, -0.2) is 13.6 Å². The van der Waals surface area contributed by atoms with E-state index in [-0.39, 0.29) is 16.4 Å². The first-order valence-electron chi connectivity index (χ1n) is 7.04. The van der Waals surface area contributed by atoms with Gasteiger partial charge in [-0.2, -0.15) is 0 Å². The lowest BCUT2D eigenvalue weighted by Crippen LogP contribution is -2.51. The number of primary sulfonamides is 1. The van der Waals surface area contributed by atoms with Crippen molar-refractivity contribution in [3.8, 4) is 0 Å². The molecule has 1 aromatic carbocycles. The topological polar surface area (TPSA) is 115 Å². The summed E-state index contributed by atoms with van der Waals surface area (Å²) in [5.41, 5.74) is 6.06. The van der Waals surface area contributed by atoms with Gasteiger partial charge >= 0.3 is 0 Å². The SMILES string of the molecule is Cc1c(C(=O)NC2(CN)CCCC2)cc(Br)cc1S(N)(=O)=O. The lowest BCUT2D eigenvalue weighted by atomic mass is 9.96. The Morgan fingerprint density at radius 3 is 2.45 bits per heavy atom. The number of nitrogens with one attached hydrogen (secondary N) is 1. The van der Waals surface area contributed by atoms with Crippen LogP contribution in [0.1, 0.15) is 41.6 Å². The van der Waals surface area contributed by atoms with Crippen LogP contribution in [0.5, 0.6) is 0 Å². The van der Waals surface area contributed by atoms with E-state index >= 15 is 0 Å². The molecule has 2 rings (SSSR count). The fourth-order valence-electron chi connectivity index (χ4n) is 2.93. The third-order valence-corrected chi connectivity index (χ3v) is 5.70. The second-order valence-electron chi connectivity index (χ2n) is 5.77. The van der Waals surface area contributed by atoms with Crippen molar-refractivity contribution in [2.45, 2.75) is 43.0 Å². The summed E-state index contributed by atoms with van der Waals surface area (Å²) in [7, 11) is -3.89. The molecule has 0 bridgehead atoms. The molecule has 1 aliphatic carbocycles. The molecule has 0 unspecified atom stereocenters. The molecule has 0 atom stereocenters. The largest absolute Gasteiger partial charge is 0.345 e. The highest BCUT2D eigenvalue weighted by molar-refractivity contribution is 9.10. The van der Waals surface area contributed by atoms with E-state index in [9.17, 15) is 13.2 Å². The van der Waals surface area contributed by atoms with Crippen molar-refractivity contribution in [3.63, 3.8) is 0 Å². The van der Waals surface area contributed by atoms with Crippen molar-refractivity contribution in [3.05, 3.63) is 27.7 Å². The Morgan fingerprint density at radius 2 is 1.95 bits per heavy atom. The van der Waals surface area contributed by atoms with E-state index in [0.29, 0.717) is 16.6 Å². The van der Waals surface area contributed by atoms with Gasteiger partial charge in [-0.3, -0.25) is 4.79 Å². The van der Waals surface area contributed by atoms with E-state index in [1.165, 1.54) is 6.07 Å². The highest BCUT2D eigenvalue weighted by Gasteiger charge is 2.34. The summed E-state index contributed by atoms with van der Waals surface area (Å²) in [6, 6.07) is 2.99. The average molecular weight is 390 g/mol. The van der Waals surface area contributed by atoms with E-state index in [1.54, 1.807) is 13.0 Å². The van der Waals surface area contributed by atoms with Crippen molar-refractivity contribution in [2.75, 3.05) is 6.54 Å². The van der Waals surface area contributed by atoms with Gasteiger partial charge in [0, 0.05) is 16.6 Å². The van der Waals surface area contributed by atoms with Gasteiger partial charge in [0.15, 0.2) is 0 Å². The second-order valence-corrected chi connectivity index (χ2v) is 8.21. The molecule has 1 aliphatic rings.